The van der Waals surface area contributed by atoms with Gasteiger partial charge in [-0.1, -0.05) is 17.3 Å². The van der Waals surface area contributed by atoms with Crippen LogP contribution in [0, 0.1) is 0 Å². The minimum absolute atomic E-state index is 0.0560. The summed E-state index contributed by atoms with van der Waals surface area (Å²) in [7, 11) is 1.61. The van der Waals surface area contributed by atoms with Gasteiger partial charge >= 0.3 is 0 Å². The standard InChI is InChI=1S/C16H15N5O2/c1-23-13-8-6-12(7-9-13)10-17-19-16(22)11-21-15-5-3-2-4-14(15)18-20-21/h2-10H,11H2,1H3,(H,19,22)/b17-10-. The number of hydrogen-bond acceptors (Lipinski definition) is 5. The van der Waals surface area contributed by atoms with Crippen molar-refractivity contribution in [2.45, 2.75) is 6.54 Å². The molecule has 0 fully saturated rings. The molecule has 0 atom stereocenters. The number of fused-ring (bicyclic) bond motifs is 1. The maximum absolute atomic E-state index is 11.9. The molecular weight excluding hydrogens is 294 g/mol. The number of para-hydroxylation sites is 1. The van der Waals surface area contributed by atoms with Gasteiger partial charge in [0.25, 0.3) is 5.91 Å². The second-order valence-electron chi connectivity index (χ2n) is 4.80. The highest BCUT2D eigenvalue weighted by molar-refractivity contribution is 5.83. The molecule has 3 aromatic rings. The Labute approximate surface area is 132 Å². The van der Waals surface area contributed by atoms with E-state index in [0.717, 1.165) is 22.3 Å². The normalized spacial score (nSPS) is 11.0. The zero-order valence-electron chi connectivity index (χ0n) is 12.5. The minimum Gasteiger partial charge on any atom is -0.497 e. The number of ether oxygens (including phenoxy) is 1. The third-order valence-corrected chi connectivity index (χ3v) is 3.23. The summed E-state index contributed by atoms with van der Waals surface area (Å²) < 4.78 is 6.61. The summed E-state index contributed by atoms with van der Waals surface area (Å²) in [5, 5.41) is 11.9. The topological polar surface area (TPSA) is 81.4 Å². The van der Waals surface area contributed by atoms with Gasteiger partial charge in [-0.15, -0.1) is 5.10 Å². The largest absolute Gasteiger partial charge is 0.497 e. The summed E-state index contributed by atoms with van der Waals surface area (Å²) in [4.78, 5) is 11.9. The Hall–Kier alpha value is -3.22. The molecule has 1 N–H and O–H groups in total. The van der Waals surface area contributed by atoms with Gasteiger partial charge in [-0.05, 0) is 42.0 Å². The van der Waals surface area contributed by atoms with Crippen LogP contribution in [-0.4, -0.2) is 34.2 Å². The van der Waals surface area contributed by atoms with Crippen LogP contribution in [0.15, 0.2) is 53.6 Å². The van der Waals surface area contributed by atoms with Gasteiger partial charge in [-0.3, -0.25) is 4.79 Å². The Bertz CT molecular complexity index is 839. The van der Waals surface area contributed by atoms with E-state index in [9.17, 15) is 4.79 Å². The van der Waals surface area contributed by atoms with E-state index >= 15 is 0 Å². The summed E-state index contributed by atoms with van der Waals surface area (Å²) >= 11 is 0. The number of aromatic nitrogens is 3. The lowest BCUT2D eigenvalue weighted by Crippen LogP contribution is -2.23. The molecule has 0 aliphatic heterocycles. The number of methoxy groups -OCH3 is 1. The molecule has 0 bridgehead atoms. The molecule has 1 amide bonds. The van der Waals surface area contributed by atoms with Gasteiger partial charge < -0.3 is 4.74 Å². The van der Waals surface area contributed by atoms with Crippen LogP contribution in [0.5, 0.6) is 5.75 Å². The SMILES string of the molecule is COc1ccc(/C=N\NC(=O)Cn2nnc3ccccc32)cc1. The van der Waals surface area contributed by atoms with Gasteiger partial charge in [-0.2, -0.15) is 5.10 Å². The fourth-order valence-electron chi connectivity index (χ4n) is 2.07. The van der Waals surface area contributed by atoms with Gasteiger partial charge in [0.2, 0.25) is 0 Å². The molecule has 1 aromatic heterocycles. The number of amides is 1. The van der Waals surface area contributed by atoms with Gasteiger partial charge in [0, 0.05) is 0 Å². The lowest BCUT2D eigenvalue weighted by molar-refractivity contribution is -0.121. The van der Waals surface area contributed by atoms with Crippen LogP contribution in [-0.2, 0) is 11.3 Å². The molecule has 0 spiro atoms. The van der Waals surface area contributed by atoms with E-state index in [1.54, 1.807) is 13.3 Å². The number of benzene rings is 2. The third-order valence-electron chi connectivity index (χ3n) is 3.23. The molecule has 0 saturated heterocycles. The Kier molecular flexibility index (Phi) is 4.28. The van der Waals surface area contributed by atoms with Crippen LogP contribution in [0.4, 0.5) is 0 Å². The summed E-state index contributed by atoms with van der Waals surface area (Å²) in [6.45, 7) is 0.0560. The minimum atomic E-state index is -0.273. The van der Waals surface area contributed by atoms with Gasteiger partial charge in [0.15, 0.2) is 0 Å². The number of carbonyl (C=O) groups is 1. The first kappa shape index (κ1) is 14.7. The van der Waals surface area contributed by atoms with Crippen molar-refractivity contribution in [3.63, 3.8) is 0 Å². The Balaban J connectivity index is 1.59. The van der Waals surface area contributed by atoms with Crippen molar-refractivity contribution < 1.29 is 9.53 Å². The van der Waals surface area contributed by atoms with E-state index in [1.807, 2.05) is 48.5 Å². The van der Waals surface area contributed by atoms with Gasteiger partial charge in [-0.25, -0.2) is 10.1 Å². The highest BCUT2D eigenvalue weighted by Gasteiger charge is 2.07. The van der Waals surface area contributed by atoms with Crippen LogP contribution in [0.3, 0.4) is 0 Å². The second kappa shape index (κ2) is 6.69. The van der Waals surface area contributed by atoms with E-state index in [2.05, 4.69) is 20.8 Å². The van der Waals surface area contributed by atoms with Crippen molar-refractivity contribution in [2.24, 2.45) is 5.10 Å². The second-order valence-corrected chi connectivity index (χ2v) is 4.80. The monoisotopic (exact) mass is 309 g/mol. The Morgan fingerprint density at radius 1 is 1.26 bits per heavy atom. The van der Waals surface area contributed by atoms with Crippen LogP contribution in [0.25, 0.3) is 11.0 Å². The molecular formula is C16H15N5O2. The molecule has 1 heterocycles. The van der Waals surface area contributed by atoms with E-state index < -0.39 is 0 Å². The molecule has 0 aliphatic rings. The molecule has 0 unspecified atom stereocenters. The summed E-state index contributed by atoms with van der Waals surface area (Å²) in [6, 6.07) is 14.8. The molecule has 23 heavy (non-hydrogen) atoms. The number of rotatable bonds is 5. The summed E-state index contributed by atoms with van der Waals surface area (Å²) in [5.74, 6) is 0.495. The van der Waals surface area contributed by atoms with Crippen LogP contribution < -0.4 is 10.2 Å². The van der Waals surface area contributed by atoms with Crippen LogP contribution in [0.2, 0.25) is 0 Å². The number of hydrogen-bond donors (Lipinski definition) is 1. The predicted molar refractivity (Wildman–Crippen MR) is 86.3 cm³/mol. The molecule has 3 rings (SSSR count). The van der Waals surface area contributed by atoms with E-state index in [1.165, 1.54) is 4.68 Å². The number of hydrazone groups is 1. The lowest BCUT2D eigenvalue weighted by atomic mass is 10.2. The predicted octanol–water partition coefficient (Wildman–Crippen LogP) is 1.59. The molecule has 0 saturated carbocycles. The van der Waals surface area contributed by atoms with E-state index in [4.69, 9.17) is 4.74 Å². The molecule has 7 nitrogen and oxygen atoms in total. The average molecular weight is 309 g/mol. The van der Waals surface area contributed by atoms with E-state index in [0.29, 0.717) is 0 Å². The van der Waals surface area contributed by atoms with E-state index in [-0.39, 0.29) is 12.5 Å². The molecule has 7 heteroatoms. The summed E-state index contributed by atoms with van der Waals surface area (Å²) in [5.41, 5.74) is 4.89. The zero-order valence-corrected chi connectivity index (χ0v) is 12.5. The smallest absolute Gasteiger partial charge is 0.261 e. The Morgan fingerprint density at radius 3 is 2.83 bits per heavy atom. The number of carbonyl (C=O) groups excluding carboxylic acids is 1. The lowest BCUT2D eigenvalue weighted by Gasteiger charge is -2.01. The average Bonchev–Trinajstić information content (AvgIpc) is 2.99. The van der Waals surface area contributed by atoms with Crippen molar-refractivity contribution in [3.8, 4) is 5.75 Å². The van der Waals surface area contributed by atoms with Crippen LogP contribution in [0.1, 0.15) is 5.56 Å². The van der Waals surface area contributed by atoms with Crippen molar-refractivity contribution in [1.82, 2.24) is 20.4 Å². The maximum atomic E-state index is 11.9. The highest BCUT2D eigenvalue weighted by atomic mass is 16.5. The zero-order chi connectivity index (χ0) is 16.1. The fourth-order valence-corrected chi connectivity index (χ4v) is 2.07. The van der Waals surface area contributed by atoms with Crippen molar-refractivity contribution in [2.75, 3.05) is 7.11 Å². The number of nitrogens with zero attached hydrogens (tertiary/aromatic N) is 4. The molecule has 0 aliphatic carbocycles. The fraction of sp³-hybridized carbons (Fsp3) is 0.125. The van der Waals surface area contributed by atoms with Crippen molar-refractivity contribution in [3.05, 3.63) is 54.1 Å². The first-order chi connectivity index (χ1) is 11.3. The molecule has 116 valence electrons. The third kappa shape index (κ3) is 3.52. The van der Waals surface area contributed by atoms with Gasteiger partial charge in [0.05, 0.1) is 18.8 Å². The van der Waals surface area contributed by atoms with Gasteiger partial charge in [0.1, 0.15) is 17.8 Å². The molecule has 0 radical (unpaired) electrons. The first-order valence-electron chi connectivity index (χ1n) is 7.00. The maximum Gasteiger partial charge on any atom is 0.261 e. The van der Waals surface area contributed by atoms with Crippen molar-refractivity contribution in [1.29, 1.82) is 0 Å². The summed E-state index contributed by atoms with van der Waals surface area (Å²) in [6.07, 6.45) is 1.57. The quantitative estimate of drug-likeness (QED) is 0.573. The first-order valence-corrected chi connectivity index (χ1v) is 7.00. The van der Waals surface area contributed by atoms with Crippen molar-refractivity contribution >= 4 is 23.2 Å². The molecule has 2 aromatic carbocycles. The Morgan fingerprint density at radius 2 is 2.04 bits per heavy atom. The number of nitrogens with one attached hydrogen (secondary N) is 1. The van der Waals surface area contributed by atoms with Crippen LogP contribution >= 0.6 is 0 Å². The highest BCUT2D eigenvalue weighted by Crippen LogP contribution is 2.10.